The van der Waals surface area contributed by atoms with Crippen LogP contribution >= 0.6 is 11.8 Å². The monoisotopic (exact) mass is 257 g/mol. The molecule has 0 fully saturated rings. The Bertz CT molecular complexity index is 314. The Hall–Kier alpha value is -0.940. The summed E-state index contributed by atoms with van der Waals surface area (Å²) in [6.07, 6.45) is 2.44. The number of thioether (sulfide) groups is 1. The first kappa shape index (κ1) is 14.1. The van der Waals surface area contributed by atoms with Crippen molar-refractivity contribution in [3.8, 4) is 0 Å². The summed E-state index contributed by atoms with van der Waals surface area (Å²) in [5.74, 6) is 2.53. The van der Waals surface area contributed by atoms with E-state index in [-0.39, 0.29) is 12.0 Å². The van der Waals surface area contributed by atoms with E-state index in [2.05, 4.69) is 5.32 Å². The molecule has 4 nitrogen and oxygen atoms in total. The Kier molecular flexibility index (Phi) is 6.81. The molecule has 0 aromatic carbocycles. The Balaban J connectivity index is 2.17. The Morgan fingerprint density at radius 3 is 3.06 bits per heavy atom. The maximum absolute atomic E-state index is 11.5. The first-order valence-electron chi connectivity index (χ1n) is 5.72. The van der Waals surface area contributed by atoms with Crippen molar-refractivity contribution in [3.63, 3.8) is 0 Å². The van der Waals surface area contributed by atoms with Crippen LogP contribution in [0.25, 0.3) is 0 Å². The van der Waals surface area contributed by atoms with Crippen LogP contribution in [0.5, 0.6) is 0 Å². The molecule has 1 aromatic heterocycles. The fourth-order valence-electron chi connectivity index (χ4n) is 1.39. The van der Waals surface area contributed by atoms with E-state index < -0.39 is 0 Å². The minimum absolute atomic E-state index is 0.173. The molecule has 1 unspecified atom stereocenters. The van der Waals surface area contributed by atoms with Gasteiger partial charge in [-0.15, -0.1) is 0 Å². The van der Waals surface area contributed by atoms with Crippen LogP contribution in [0.2, 0.25) is 0 Å². The molecule has 5 heteroatoms. The van der Waals surface area contributed by atoms with Crippen LogP contribution in [0.15, 0.2) is 22.8 Å². The Labute approximate surface area is 106 Å². The molecule has 0 aliphatic rings. The molecule has 0 bridgehead atoms. The number of esters is 1. The van der Waals surface area contributed by atoms with Crippen LogP contribution < -0.4 is 5.32 Å². The number of carbonyl (C=O) groups excluding carboxylic acids is 1. The largest absolute Gasteiger partial charge is 0.468 e. The number of hydrogen-bond donors (Lipinski definition) is 1. The van der Waals surface area contributed by atoms with Crippen LogP contribution in [0.1, 0.15) is 19.1 Å². The topological polar surface area (TPSA) is 51.5 Å². The predicted octanol–water partition coefficient (Wildman–Crippen LogP) is 2.05. The number of hydrogen-bond acceptors (Lipinski definition) is 5. The van der Waals surface area contributed by atoms with Gasteiger partial charge in [-0.1, -0.05) is 0 Å². The SMILES string of the molecule is CCOC(=O)C(CCSCc1ccco1)NC. The van der Waals surface area contributed by atoms with Gasteiger partial charge in [-0.2, -0.15) is 11.8 Å². The third kappa shape index (κ3) is 5.28. The average molecular weight is 257 g/mol. The van der Waals surface area contributed by atoms with Crippen LogP contribution in [-0.4, -0.2) is 31.4 Å². The third-order valence-electron chi connectivity index (χ3n) is 2.29. The summed E-state index contributed by atoms with van der Waals surface area (Å²) in [6, 6.07) is 3.62. The van der Waals surface area contributed by atoms with Gasteiger partial charge in [0.05, 0.1) is 18.6 Å². The third-order valence-corrected chi connectivity index (χ3v) is 3.31. The first-order valence-corrected chi connectivity index (χ1v) is 6.87. The van der Waals surface area contributed by atoms with Crippen molar-refractivity contribution in [2.75, 3.05) is 19.4 Å². The van der Waals surface area contributed by atoms with Gasteiger partial charge < -0.3 is 14.5 Å². The zero-order valence-corrected chi connectivity index (χ0v) is 11.1. The van der Waals surface area contributed by atoms with Crippen LogP contribution in [0.3, 0.4) is 0 Å². The summed E-state index contributed by atoms with van der Waals surface area (Å²) in [7, 11) is 1.78. The summed E-state index contributed by atoms with van der Waals surface area (Å²) in [4.78, 5) is 11.5. The van der Waals surface area contributed by atoms with Crippen molar-refractivity contribution in [1.82, 2.24) is 5.32 Å². The van der Waals surface area contributed by atoms with Gasteiger partial charge in [-0.25, -0.2) is 0 Å². The maximum atomic E-state index is 11.5. The number of rotatable bonds is 8. The lowest BCUT2D eigenvalue weighted by Crippen LogP contribution is -2.36. The highest BCUT2D eigenvalue weighted by atomic mass is 32.2. The predicted molar refractivity (Wildman–Crippen MR) is 69.0 cm³/mol. The summed E-state index contributed by atoms with van der Waals surface area (Å²) in [6.45, 7) is 2.24. The van der Waals surface area contributed by atoms with E-state index in [9.17, 15) is 4.79 Å². The van der Waals surface area contributed by atoms with E-state index in [1.54, 1.807) is 25.1 Å². The highest BCUT2D eigenvalue weighted by molar-refractivity contribution is 7.98. The lowest BCUT2D eigenvalue weighted by atomic mass is 10.2. The molecule has 96 valence electrons. The smallest absolute Gasteiger partial charge is 0.323 e. The first-order chi connectivity index (χ1) is 8.27. The molecule has 0 saturated carbocycles. The van der Waals surface area contributed by atoms with Gasteiger partial charge in [-0.3, -0.25) is 4.79 Å². The van der Waals surface area contributed by atoms with Crippen molar-refractivity contribution in [3.05, 3.63) is 24.2 Å². The average Bonchev–Trinajstić information content (AvgIpc) is 2.82. The standard InChI is InChI=1S/C12H19NO3S/c1-3-15-12(14)11(13-2)6-8-17-9-10-5-4-7-16-10/h4-5,7,11,13H,3,6,8-9H2,1-2H3. The Morgan fingerprint density at radius 2 is 2.47 bits per heavy atom. The van der Waals surface area contributed by atoms with E-state index in [0.29, 0.717) is 6.61 Å². The zero-order chi connectivity index (χ0) is 12.5. The number of likely N-dealkylation sites (N-methyl/N-ethyl adjacent to an activating group) is 1. The molecule has 0 aliphatic carbocycles. The molecule has 1 rings (SSSR count). The normalized spacial score (nSPS) is 12.4. The molecule has 1 aromatic rings. The maximum Gasteiger partial charge on any atom is 0.323 e. The number of carbonyl (C=O) groups is 1. The minimum atomic E-state index is -0.209. The van der Waals surface area contributed by atoms with Crippen molar-refractivity contribution in [2.24, 2.45) is 0 Å². The van der Waals surface area contributed by atoms with Gasteiger partial charge in [-0.05, 0) is 38.3 Å². The van der Waals surface area contributed by atoms with Crippen molar-refractivity contribution < 1.29 is 13.9 Å². The van der Waals surface area contributed by atoms with Crippen molar-refractivity contribution in [1.29, 1.82) is 0 Å². The molecule has 0 aliphatic heterocycles. The Morgan fingerprint density at radius 1 is 1.65 bits per heavy atom. The summed E-state index contributed by atoms with van der Waals surface area (Å²) < 4.78 is 10.2. The fourth-order valence-corrected chi connectivity index (χ4v) is 2.30. The van der Waals surface area contributed by atoms with E-state index in [1.165, 1.54) is 0 Å². The molecule has 1 N–H and O–H groups in total. The van der Waals surface area contributed by atoms with E-state index in [0.717, 1.165) is 23.7 Å². The quantitative estimate of drug-likeness (QED) is 0.570. The molecule has 1 atom stereocenters. The molecule has 0 radical (unpaired) electrons. The molecule has 17 heavy (non-hydrogen) atoms. The van der Waals surface area contributed by atoms with Gasteiger partial charge >= 0.3 is 5.97 Å². The van der Waals surface area contributed by atoms with Crippen molar-refractivity contribution >= 4 is 17.7 Å². The van der Waals surface area contributed by atoms with Gasteiger partial charge in [0.15, 0.2) is 0 Å². The number of furan rings is 1. The minimum Gasteiger partial charge on any atom is -0.468 e. The molecule has 1 heterocycles. The lowest BCUT2D eigenvalue weighted by Gasteiger charge is -2.13. The number of nitrogens with one attached hydrogen (secondary N) is 1. The zero-order valence-electron chi connectivity index (χ0n) is 10.3. The molecule has 0 saturated heterocycles. The highest BCUT2D eigenvalue weighted by Crippen LogP contribution is 2.14. The second-order valence-electron chi connectivity index (χ2n) is 3.51. The van der Waals surface area contributed by atoms with Crippen LogP contribution in [-0.2, 0) is 15.3 Å². The highest BCUT2D eigenvalue weighted by Gasteiger charge is 2.16. The second-order valence-corrected chi connectivity index (χ2v) is 4.62. The fraction of sp³-hybridized carbons (Fsp3) is 0.583. The van der Waals surface area contributed by atoms with E-state index in [1.807, 2.05) is 19.1 Å². The van der Waals surface area contributed by atoms with Gasteiger partial charge in [0.2, 0.25) is 0 Å². The molecular weight excluding hydrogens is 238 g/mol. The van der Waals surface area contributed by atoms with E-state index in [4.69, 9.17) is 9.15 Å². The summed E-state index contributed by atoms with van der Waals surface area (Å²) >= 11 is 1.75. The van der Waals surface area contributed by atoms with Crippen LogP contribution in [0.4, 0.5) is 0 Å². The van der Waals surface area contributed by atoms with Crippen LogP contribution in [0, 0.1) is 0 Å². The van der Waals surface area contributed by atoms with Gasteiger partial charge in [0.25, 0.3) is 0 Å². The van der Waals surface area contributed by atoms with Gasteiger partial charge in [0, 0.05) is 0 Å². The van der Waals surface area contributed by atoms with E-state index >= 15 is 0 Å². The summed E-state index contributed by atoms with van der Waals surface area (Å²) in [5, 5.41) is 2.97. The molecule has 0 amide bonds. The second kappa shape index (κ2) is 8.20. The van der Waals surface area contributed by atoms with Crippen molar-refractivity contribution in [2.45, 2.75) is 25.1 Å². The number of ether oxygens (including phenoxy) is 1. The van der Waals surface area contributed by atoms with Gasteiger partial charge in [0.1, 0.15) is 11.8 Å². The lowest BCUT2D eigenvalue weighted by molar-refractivity contribution is -0.145. The molecule has 0 spiro atoms. The summed E-state index contributed by atoms with van der Waals surface area (Å²) in [5.41, 5.74) is 0. The molecular formula is C12H19NO3S.